The first-order valence-corrected chi connectivity index (χ1v) is 15.5. The number of nitrogens with zero attached hydrogens (tertiary/aromatic N) is 2. The van der Waals surface area contributed by atoms with E-state index in [2.05, 4.69) is 162 Å². The quantitative estimate of drug-likeness (QED) is 0.200. The Hall–Kier alpha value is -6.19. The van der Waals surface area contributed by atoms with Crippen LogP contribution in [-0.2, 0) is 0 Å². The van der Waals surface area contributed by atoms with Gasteiger partial charge >= 0.3 is 0 Å². The maximum atomic E-state index is 6.13. The van der Waals surface area contributed by atoms with Gasteiger partial charge in [-0.2, -0.15) is 0 Å². The molecule has 3 nitrogen and oxygen atoms in total. The third kappa shape index (κ3) is 4.58. The van der Waals surface area contributed by atoms with E-state index in [9.17, 15) is 0 Å². The normalized spacial score (nSPS) is 11.5. The standard InChI is InChI=1S/C43H28N2O/c1-2-8-29(9-3-1)33-12-6-13-38(25-33)45(37-20-17-31(18-21-37)34-16-15-30-10-4-5-11-32(30)24-34)39-22-19-35-28-42-40(27-36(35)26-39)43-41(46-42)14-7-23-44-43/h1-28H. The Balaban J connectivity index is 1.18. The Morgan fingerprint density at radius 2 is 1.07 bits per heavy atom. The highest BCUT2D eigenvalue weighted by Crippen LogP contribution is 2.40. The van der Waals surface area contributed by atoms with Crippen molar-refractivity contribution in [1.82, 2.24) is 4.98 Å². The number of fused-ring (bicyclic) bond motifs is 5. The van der Waals surface area contributed by atoms with Crippen LogP contribution >= 0.6 is 0 Å². The van der Waals surface area contributed by atoms with E-state index in [4.69, 9.17) is 4.42 Å². The number of furan rings is 1. The molecule has 0 aliphatic heterocycles. The van der Waals surface area contributed by atoms with Gasteiger partial charge in [0.2, 0.25) is 0 Å². The van der Waals surface area contributed by atoms with E-state index >= 15 is 0 Å². The molecule has 0 unspecified atom stereocenters. The van der Waals surface area contributed by atoms with Crippen LogP contribution in [-0.4, -0.2) is 4.98 Å². The van der Waals surface area contributed by atoms with Gasteiger partial charge < -0.3 is 9.32 Å². The zero-order valence-corrected chi connectivity index (χ0v) is 25.0. The van der Waals surface area contributed by atoms with E-state index in [1.807, 2.05) is 18.3 Å². The number of hydrogen-bond donors (Lipinski definition) is 0. The molecule has 0 atom stereocenters. The van der Waals surface area contributed by atoms with Gasteiger partial charge in [0.15, 0.2) is 5.58 Å². The van der Waals surface area contributed by atoms with E-state index in [0.717, 1.165) is 49.9 Å². The fourth-order valence-electron chi connectivity index (χ4n) is 6.54. The second-order valence-electron chi connectivity index (χ2n) is 11.7. The predicted octanol–water partition coefficient (Wildman–Crippen LogP) is 12.1. The number of rotatable bonds is 5. The molecule has 9 rings (SSSR count). The molecule has 0 saturated heterocycles. The minimum absolute atomic E-state index is 0.805. The molecule has 0 bridgehead atoms. The van der Waals surface area contributed by atoms with E-state index < -0.39 is 0 Å². The fourth-order valence-corrected chi connectivity index (χ4v) is 6.54. The smallest absolute Gasteiger partial charge is 0.153 e. The van der Waals surface area contributed by atoms with Crippen molar-refractivity contribution in [1.29, 1.82) is 0 Å². The van der Waals surface area contributed by atoms with Gasteiger partial charge in [0.25, 0.3) is 0 Å². The maximum absolute atomic E-state index is 6.13. The zero-order chi connectivity index (χ0) is 30.5. The maximum Gasteiger partial charge on any atom is 0.153 e. The summed E-state index contributed by atoms with van der Waals surface area (Å²) in [7, 11) is 0. The lowest BCUT2D eigenvalue weighted by Gasteiger charge is -2.26. The Labute approximate surface area is 266 Å². The predicted molar refractivity (Wildman–Crippen MR) is 192 cm³/mol. The number of anilines is 3. The molecule has 0 N–H and O–H groups in total. The first kappa shape index (κ1) is 26.2. The van der Waals surface area contributed by atoms with E-state index in [1.165, 1.54) is 33.0 Å². The highest BCUT2D eigenvalue weighted by Gasteiger charge is 2.16. The topological polar surface area (TPSA) is 29.3 Å². The molecule has 0 spiro atoms. The summed E-state index contributed by atoms with van der Waals surface area (Å²) in [6, 6.07) is 58.2. The van der Waals surface area contributed by atoms with Crippen molar-refractivity contribution in [2.45, 2.75) is 0 Å². The molecular formula is C43H28N2O. The van der Waals surface area contributed by atoms with Gasteiger partial charge in [-0.05, 0) is 111 Å². The summed E-state index contributed by atoms with van der Waals surface area (Å²) in [4.78, 5) is 6.95. The molecule has 0 aliphatic rings. The Morgan fingerprint density at radius 3 is 1.96 bits per heavy atom. The van der Waals surface area contributed by atoms with E-state index in [1.54, 1.807) is 0 Å². The third-order valence-corrected chi connectivity index (χ3v) is 8.85. The SMILES string of the molecule is c1ccc(-c2cccc(N(c3ccc(-c4ccc5ccccc5c4)cc3)c3ccc4cc5oc6cccnc6c5cc4c3)c2)cc1. The molecule has 2 heterocycles. The van der Waals surface area contributed by atoms with Crippen LogP contribution in [0.1, 0.15) is 0 Å². The van der Waals surface area contributed by atoms with Crippen LogP contribution in [0.15, 0.2) is 174 Å². The van der Waals surface area contributed by atoms with Crippen LogP contribution in [0.25, 0.3) is 65.9 Å². The van der Waals surface area contributed by atoms with Crippen molar-refractivity contribution in [2.75, 3.05) is 4.90 Å². The molecule has 3 heteroatoms. The lowest BCUT2D eigenvalue weighted by molar-refractivity contribution is 0.668. The first-order valence-electron chi connectivity index (χ1n) is 15.5. The van der Waals surface area contributed by atoms with E-state index in [-0.39, 0.29) is 0 Å². The number of pyridine rings is 1. The molecule has 0 fully saturated rings. The molecule has 0 aliphatic carbocycles. The second kappa shape index (κ2) is 10.8. The van der Waals surface area contributed by atoms with Crippen molar-refractivity contribution in [3.8, 4) is 22.3 Å². The molecule has 0 radical (unpaired) electrons. The molecular weight excluding hydrogens is 560 g/mol. The van der Waals surface area contributed by atoms with Crippen LogP contribution in [0.4, 0.5) is 17.1 Å². The van der Waals surface area contributed by atoms with Crippen molar-refractivity contribution >= 4 is 60.7 Å². The summed E-state index contributed by atoms with van der Waals surface area (Å²) in [6.07, 6.45) is 1.82. The average molecular weight is 589 g/mol. The highest BCUT2D eigenvalue weighted by atomic mass is 16.3. The third-order valence-electron chi connectivity index (χ3n) is 8.85. The van der Waals surface area contributed by atoms with Crippen LogP contribution in [0, 0.1) is 0 Å². The van der Waals surface area contributed by atoms with Crippen LogP contribution in [0.2, 0.25) is 0 Å². The molecule has 46 heavy (non-hydrogen) atoms. The Bertz CT molecular complexity index is 2530. The summed E-state index contributed by atoms with van der Waals surface area (Å²) in [6.45, 7) is 0. The molecule has 2 aromatic heterocycles. The lowest BCUT2D eigenvalue weighted by Crippen LogP contribution is -2.10. The first-order chi connectivity index (χ1) is 22.8. The van der Waals surface area contributed by atoms with Crippen molar-refractivity contribution in [3.05, 3.63) is 170 Å². The van der Waals surface area contributed by atoms with Crippen LogP contribution < -0.4 is 4.90 Å². The van der Waals surface area contributed by atoms with E-state index in [0.29, 0.717) is 0 Å². The molecule has 0 amide bonds. The van der Waals surface area contributed by atoms with Gasteiger partial charge in [-0.15, -0.1) is 0 Å². The summed E-state index contributed by atoms with van der Waals surface area (Å²) >= 11 is 0. The Kier molecular flexibility index (Phi) is 6.14. The number of aromatic nitrogens is 1. The van der Waals surface area contributed by atoms with Gasteiger partial charge in [0, 0.05) is 28.6 Å². The average Bonchev–Trinajstić information content (AvgIpc) is 3.48. The summed E-state index contributed by atoms with van der Waals surface area (Å²) < 4.78 is 6.13. The van der Waals surface area contributed by atoms with Crippen molar-refractivity contribution in [2.24, 2.45) is 0 Å². The van der Waals surface area contributed by atoms with Gasteiger partial charge in [0.1, 0.15) is 11.1 Å². The largest absolute Gasteiger partial charge is 0.454 e. The number of hydrogen-bond acceptors (Lipinski definition) is 3. The van der Waals surface area contributed by atoms with Crippen LogP contribution in [0.5, 0.6) is 0 Å². The van der Waals surface area contributed by atoms with Crippen LogP contribution in [0.3, 0.4) is 0 Å². The van der Waals surface area contributed by atoms with Gasteiger partial charge in [-0.3, -0.25) is 4.98 Å². The molecule has 7 aromatic carbocycles. The highest BCUT2D eigenvalue weighted by molar-refractivity contribution is 6.09. The summed E-state index contributed by atoms with van der Waals surface area (Å²) in [5, 5.41) is 5.78. The fraction of sp³-hybridized carbons (Fsp3) is 0. The lowest BCUT2D eigenvalue weighted by atomic mass is 10.0. The van der Waals surface area contributed by atoms with Crippen molar-refractivity contribution in [3.63, 3.8) is 0 Å². The number of benzene rings is 7. The summed E-state index contributed by atoms with van der Waals surface area (Å²) in [5.74, 6) is 0. The Morgan fingerprint density at radius 1 is 0.391 bits per heavy atom. The minimum atomic E-state index is 0.805. The zero-order valence-electron chi connectivity index (χ0n) is 25.0. The van der Waals surface area contributed by atoms with Gasteiger partial charge in [-0.1, -0.05) is 97.1 Å². The molecule has 216 valence electrons. The van der Waals surface area contributed by atoms with Gasteiger partial charge in [-0.25, -0.2) is 0 Å². The minimum Gasteiger partial charge on any atom is -0.454 e. The summed E-state index contributed by atoms with van der Waals surface area (Å²) in [5.41, 5.74) is 10.6. The molecule has 0 saturated carbocycles. The molecule has 9 aromatic rings. The van der Waals surface area contributed by atoms with Gasteiger partial charge in [0.05, 0.1) is 0 Å². The van der Waals surface area contributed by atoms with Crippen molar-refractivity contribution < 1.29 is 4.42 Å². The second-order valence-corrected chi connectivity index (χ2v) is 11.7. The monoisotopic (exact) mass is 588 g/mol.